The second-order valence-corrected chi connectivity index (χ2v) is 5.84. The smallest absolute Gasteiger partial charge is 0.328 e. The van der Waals surface area contributed by atoms with Crippen LogP contribution in [0.2, 0.25) is 0 Å². The lowest BCUT2D eigenvalue weighted by Gasteiger charge is -2.28. The summed E-state index contributed by atoms with van der Waals surface area (Å²) in [7, 11) is 0. The van der Waals surface area contributed by atoms with Crippen molar-refractivity contribution in [2.24, 2.45) is 17.8 Å². The first kappa shape index (κ1) is 12.6. The molecule has 2 N–H and O–H groups in total. The van der Waals surface area contributed by atoms with Crippen molar-refractivity contribution in [3.63, 3.8) is 0 Å². The van der Waals surface area contributed by atoms with Gasteiger partial charge in [-0.2, -0.15) is 0 Å². The van der Waals surface area contributed by atoms with E-state index in [0.717, 1.165) is 23.3 Å². The third kappa shape index (κ3) is 3.09. The number of carboxylic acid groups (broad SMARTS) is 1. The number of carbonyl (C=O) groups is 1. The molecule has 0 aromatic rings. The zero-order valence-corrected chi connectivity index (χ0v) is 10.8. The van der Waals surface area contributed by atoms with Gasteiger partial charge in [-0.3, -0.25) is 0 Å². The van der Waals surface area contributed by atoms with Gasteiger partial charge in [0.15, 0.2) is 0 Å². The van der Waals surface area contributed by atoms with Gasteiger partial charge in [0.1, 0.15) is 0 Å². The van der Waals surface area contributed by atoms with Crippen molar-refractivity contribution in [2.45, 2.75) is 45.6 Å². The van der Waals surface area contributed by atoms with Gasteiger partial charge in [-0.1, -0.05) is 12.0 Å². The van der Waals surface area contributed by atoms with Gasteiger partial charge in [0.05, 0.1) is 0 Å². The number of rotatable bonds is 5. The van der Waals surface area contributed by atoms with Crippen LogP contribution in [0.5, 0.6) is 0 Å². The van der Waals surface area contributed by atoms with Crippen molar-refractivity contribution < 1.29 is 9.90 Å². The molecule has 3 heteroatoms. The van der Waals surface area contributed by atoms with E-state index in [0.29, 0.717) is 12.6 Å². The Morgan fingerprint density at radius 1 is 1.47 bits per heavy atom. The molecule has 2 fully saturated rings. The zero-order valence-electron chi connectivity index (χ0n) is 10.8. The van der Waals surface area contributed by atoms with Gasteiger partial charge in [-0.25, -0.2) is 4.79 Å². The van der Waals surface area contributed by atoms with E-state index >= 15 is 0 Å². The van der Waals surface area contributed by atoms with Gasteiger partial charge in [0.2, 0.25) is 0 Å². The Hall–Kier alpha value is -0.830. The minimum atomic E-state index is -0.850. The molecule has 0 amide bonds. The topological polar surface area (TPSA) is 49.3 Å². The Labute approximate surface area is 103 Å². The fourth-order valence-corrected chi connectivity index (χ4v) is 3.64. The standard InChI is InChI=1S/C14H23NO2/c1-9(5-14(16)17)8-15-10(2)13-7-11-3-4-12(13)6-11/h5,10-13,15H,3-4,6-8H2,1-2H3,(H,16,17). The Bertz CT molecular complexity index is 324. The number of hydrogen-bond donors (Lipinski definition) is 2. The Kier molecular flexibility index (Phi) is 3.87. The lowest BCUT2D eigenvalue weighted by molar-refractivity contribution is -0.131. The minimum absolute atomic E-state index is 0.516. The van der Waals surface area contributed by atoms with Crippen LogP contribution in [0.1, 0.15) is 39.5 Å². The lowest BCUT2D eigenvalue weighted by Crippen LogP contribution is -2.37. The zero-order chi connectivity index (χ0) is 12.4. The van der Waals surface area contributed by atoms with E-state index in [-0.39, 0.29) is 0 Å². The minimum Gasteiger partial charge on any atom is -0.478 e. The summed E-state index contributed by atoms with van der Waals surface area (Å²) >= 11 is 0. The van der Waals surface area contributed by atoms with Crippen molar-refractivity contribution in [3.05, 3.63) is 11.6 Å². The molecule has 2 bridgehead atoms. The molecule has 2 saturated carbocycles. The van der Waals surface area contributed by atoms with Gasteiger partial charge in [0, 0.05) is 18.7 Å². The first-order chi connectivity index (χ1) is 8.06. The highest BCUT2D eigenvalue weighted by Crippen LogP contribution is 2.49. The molecule has 0 saturated heterocycles. The second kappa shape index (κ2) is 5.21. The summed E-state index contributed by atoms with van der Waals surface area (Å²) in [6.45, 7) is 4.81. The van der Waals surface area contributed by atoms with Crippen molar-refractivity contribution in [1.82, 2.24) is 5.32 Å². The van der Waals surface area contributed by atoms with Crippen LogP contribution in [0.4, 0.5) is 0 Å². The highest BCUT2D eigenvalue weighted by molar-refractivity contribution is 5.80. The van der Waals surface area contributed by atoms with Crippen LogP contribution >= 0.6 is 0 Å². The molecular formula is C14H23NO2. The van der Waals surface area contributed by atoms with Gasteiger partial charge in [-0.15, -0.1) is 0 Å². The molecule has 96 valence electrons. The maximum Gasteiger partial charge on any atom is 0.328 e. The largest absolute Gasteiger partial charge is 0.478 e. The Balaban J connectivity index is 1.78. The third-order valence-electron chi connectivity index (χ3n) is 4.51. The average Bonchev–Trinajstić information content (AvgIpc) is 2.86. The van der Waals surface area contributed by atoms with Crippen molar-refractivity contribution >= 4 is 5.97 Å². The van der Waals surface area contributed by atoms with Crippen LogP contribution in [0.15, 0.2) is 11.6 Å². The van der Waals surface area contributed by atoms with Crippen LogP contribution in [0.25, 0.3) is 0 Å². The molecule has 0 spiro atoms. The number of nitrogens with one attached hydrogen (secondary N) is 1. The summed E-state index contributed by atoms with van der Waals surface area (Å²) in [5.74, 6) is 1.86. The number of carboxylic acids is 1. The molecule has 2 rings (SSSR count). The molecule has 0 aliphatic heterocycles. The van der Waals surface area contributed by atoms with Gasteiger partial charge in [0.25, 0.3) is 0 Å². The molecule has 0 aromatic carbocycles. The van der Waals surface area contributed by atoms with E-state index in [1.165, 1.54) is 31.8 Å². The fraction of sp³-hybridized carbons (Fsp3) is 0.786. The first-order valence-corrected chi connectivity index (χ1v) is 6.69. The summed E-state index contributed by atoms with van der Waals surface area (Å²) < 4.78 is 0. The lowest BCUT2D eigenvalue weighted by atomic mass is 9.84. The normalized spacial score (nSPS) is 34.0. The van der Waals surface area contributed by atoms with E-state index in [9.17, 15) is 4.79 Å². The summed E-state index contributed by atoms with van der Waals surface area (Å²) in [5, 5.41) is 12.1. The molecule has 17 heavy (non-hydrogen) atoms. The number of aliphatic carboxylic acids is 1. The van der Waals surface area contributed by atoms with Gasteiger partial charge < -0.3 is 10.4 Å². The Morgan fingerprint density at radius 3 is 2.76 bits per heavy atom. The first-order valence-electron chi connectivity index (χ1n) is 6.69. The number of fused-ring (bicyclic) bond motifs is 2. The number of hydrogen-bond acceptors (Lipinski definition) is 2. The second-order valence-electron chi connectivity index (χ2n) is 5.84. The van der Waals surface area contributed by atoms with Crippen LogP contribution in [0.3, 0.4) is 0 Å². The maximum absolute atomic E-state index is 10.5. The molecule has 0 heterocycles. The van der Waals surface area contributed by atoms with Gasteiger partial charge >= 0.3 is 5.97 Å². The SMILES string of the molecule is CC(=CC(=O)O)CNC(C)C1CC2CCC1C2. The van der Waals surface area contributed by atoms with Crippen LogP contribution in [0, 0.1) is 17.8 Å². The molecule has 3 nitrogen and oxygen atoms in total. The van der Waals surface area contributed by atoms with E-state index in [1.54, 1.807) is 0 Å². The predicted octanol–water partition coefficient (Wildman–Crippen LogP) is 2.43. The molecule has 4 unspecified atom stereocenters. The van der Waals surface area contributed by atoms with Crippen molar-refractivity contribution in [3.8, 4) is 0 Å². The summed E-state index contributed by atoms with van der Waals surface area (Å²) in [6, 6.07) is 0.516. The third-order valence-corrected chi connectivity index (χ3v) is 4.51. The Morgan fingerprint density at radius 2 is 2.24 bits per heavy atom. The van der Waals surface area contributed by atoms with Crippen molar-refractivity contribution in [1.29, 1.82) is 0 Å². The summed E-state index contributed by atoms with van der Waals surface area (Å²) in [5.41, 5.74) is 0.896. The highest BCUT2D eigenvalue weighted by Gasteiger charge is 2.41. The average molecular weight is 237 g/mol. The molecule has 0 radical (unpaired) electrons. The van der Waals surface area contributed by atoms with Crippen molar-refractivity contribution in [2.75, 3.05) is 6.54 Å². The molecule has 0 aromatic heterocycles. The van der Waals surface area contributed by atoms with Crippen LogP contribution in [-0.2, 0) is 4.79 Å². The van der Waals surface area contributed by atoms with E-state index in [4.69, 9.17) is 5.11 Å². The van der Waals surface area contributed by atoms with Crippen LogP contribution in [-0.4, -0.2) is 23.7 Å². The monoisotopic (exact) mass is 237 g/mol. The quantitative estimate of drug-likeness (QED) is 0.722. The van der Waals surface area contributed by atoms with Crippen LogP contribution < -0.4 is 5.32 Å². The molecule has 2 aliphatic carbocycles. The summed E-state index contributed by atoms with van der Waals surface area (Å²) in [6.07, 6.45) is 6.94. The summed E-state index contributed by atoms with van der Waals surface area (Å²) in [4.78, 5) is 10.5. The van der Waals surface area contributed by atoms with E-state index in [1.807, 2.05) is 6.92 Å². The maximum atomic E-state index is 10.5. The highest BCUT2D eigenvalue weighted by atomic mass is 16.4. The van der Waals surface area contributed by atoms with Gasteiger partial charge in [-0.05, 0) is 50.9 Å². The fourth-order valence-electron chi connectivity index (χ4n) is 3.64. The predicted molar refractivity (Wildman–Crippen MR) is 67.8 cm³/mol. The van der Waals surface area contributed by atoms with E-state index in [2.05, 4.69) is 12.2 Å². The molecule has 4 atom stereocenters. The molecular weight excluding hydrogens is 214 g/mol. The molecule has 2 aliphatic rings. The van der Waals surface area contributed by atoms with E-state index < -0.39 is 5.97 Å².